The molecule has 1 aliphatic carbocycles. The average molecular weight is 268 g/mol. The maximum Gasteiger partial charge on any atom is 0.327 e. The molecular formula is C15H28N2O2. The highest BCUT2D eigenvalue weighted by Gasteiger charge is 2.41. The Hall–Kier alpha value is -0.610. The molecule has 1 heterocycles. The van der Waals surface area contributed by atoms with Crippen molar-refractivity contribution in [3.05, 3.63) is 0 Å². The standard InChI is InChI=1S/C15H28N2O2/c1-4-8-16-15(2,14(18)19-3)11-17-9-12-6-5-7-13(12)10-17/h12-13,16H,4-11H2,1-3H3. The van der Waals surface area contributed by atoms with Gasteiger partial charge in [-0.1, -0.05) is 13.3 Å². The van der Waals surface area contributed by atoms with Crippen LogP contribution < -0.4 is 5.32 Å². The summed E-state index contributed by atoms with van der Waals surface area (Å²) >= 11 is 0. The van der Waals surface area contributed by atoms with Gasteiger partial charge in [-0.2, -0.15) is 0 Å². The fourth-order valence-electron chi connectivity index (χ4n) is 3.73. The highest BCUT2D eigenvalue weighted by Crippen LogP contribution is 2.38. The Balaban J connectivity index is 1.94. The number of fused-ring (bicyclic) bond motifs is 1. The molecule has 1 saturated heterocycles. The van der Waals surface area contributed by atoms with Crippen molar-refractivity contribution < 1.29 is 9.53 Å². The quantitative estimate of drug-likeness (QED) is 0.744. The van der Waals surface area contributed by atoms with E-state index in [1.165, 1.54) is 26.4 Å². The van der Waals surface area contributed by atoms with Crippen LogP contribution in [0.15, 0.2) is 0 Å². The van der Waals surface area contributed by atoms with Crippen molar-refractivity contribution in [2.75, 3.05) is 33.3 Å². The third kappa shape index (κ3) is 3.29. The van der Waals surface area contributed by atoms with Crippen LogP contribution in [0.5, 0.6) is 0 Å². The largest absolute Gasteiger partial charge is 0.468 e. The summed E-state index contributed by atoms with van der Waals surface area (Å²) in [6.07, 6.45) is 5.17. The molecule has 2 rings (SSSR count). The van der Waals surface area contributed by atoms with Crippen molar-refractivity contribution in [3.8, 4) is 0 Å². The number of hydrogen-bond acceptors (Lipinski definition) is 4. The Bertz CT molecular complexity index is 309. The number of esters is 1. The summed E-state index contributed by atoms with van der Waals surface area (Å²) < 4.78 is 4.99. The van der Waals surface area contributed by atoms with Gasteiger partial charge in [0.15, 0.2) is 0 Å². The zero-order valence-electron chi connectivity index (χ0n) is 12.6. The van der Waals surface area contributed by atoms with Gasteiger partial charge in [-0.05, 0) is 44.6 Å². The molecule has 2 fully saturated rings. The van der Waals surface area contributed by atoms with Crippen molar-refractivity contribution in [1.29, 1.82) is 0 Å². The van der Waals surface area contributed by atoms with Gasteiger partial charge in [0.05, 0.1) is 7.11 Å². The van der Waals surface area contributed by atoms with Crippen molar-refractivity contribution in [2.24, 2.45) is 11.8 Å². The van der Waals surface area contributed by atoms with Crippen molar-refractivity contribution in [2.45, 2.75) is 45.1 Å². The van der Waals surface area contributed by atoms with Crippen LogP contribution in [-0.2, 0) is 9.53 Å². The third-order valence-electron chi connectivity index (χ3n) is 4.74. The number of carbonyl (C=O) groups excluding carboxylic acids is 1. The summed E-state index contributed by atoms with van der Waals surface area (Å²) in [7, 11) is 1.48. The maximum atomic E-state index is 12.1. The Morgan fingerprint density at radius 2 is 2.00 bits per heavy atom. The van der Waals surface area contributed by atoms with Crippen molar-refractivity contribution >= 4 is 5.97 Å². The topological polar surface area (TPSA) is 41.6 Å². The van der Waals surface area contributed by atoms with Gasteiger partial charge < -0.3 is 15.0 Å². The monoisotopic (exact) mass is 268 g/mol. The first-order chi connectivity index (χ1) is 9.09. The lowest BCUT2D eigenvalue weighted by Gasteiger charge is -2.32. The highest BCUT2D eigenvalue weighted by molar-refractivity contribution is 5.80. The van der Waals surface area contributed by atoms with E-state index in [4.69, 9.17) is 4.74 Å². The molecule has 110 valence electrons. The van der Waals surface area contributed by atoms with Crippen LogP contribution >= 0.6 is 0 Å². The van der Waals surface area contributed by atoms with Crippen molar-refractivity contribution in [3.63, 3.8) is 0 Å². The summed E-state index contributed by atoms with van der Waals surface area (Å²) in [5.41, 5.74) is -0.566. The molecule has 0 aromatic rings. The summed E-state index contributed by atoms with van der Waals surface area (Å²) in [4.78, 5) is 14.5. The minimum Gasteiger partial charge on any atom is -0.468 e. The van der Waals surface area contributed by atoms with E-state index in [-0.39, 0.29) is 5.97 Å². The maximum absolute atomic E-state index is 12.1. The lowest BCUT2D eigenvalue weighted by molar-refractivity contribution is -0.148. The van der Waals surface area contributed by atoms with Crippen LogP contribution in [0, 0.1) is 11.8 Å². The molecule has 0 amide bonds. The van der Waals surface area contributed by atoms with Crippen molar-refractivity contribution in [1.82, 2.24) is 10.2 Å². The van der Waals surface area contributed by atoms with E-state index < -0.39 is 5.54 Å². The molecule has 0 radical (unpaired) electrons. The number of nitrogens with zero attached hydrogens (tertiary/aromatic N) is 1. The number of rotatable bonds is 6. The van der Waals surface area contributed by atoms with Gasteiger partial charge in [-0.3, -0.25) is 4.79 Å². The number of nitrogens with one attached hydrogen (secondary N) is 1. The van der Waals surface area contributed by atoms with E-state index in [1.54, 1.807) is 0 Å². The minimum atomic E-state index is -0.566. The van der Waals surface area contributed by atoms with Crippen LogP contribution in [0.1, 0.15) is 39.5 Å². The minimum absolute atomic E-state index is 0.141. The predicted octanol–water partition coefficient (Wildman–Crippen LogP) is 1.65. The first-order valence-corrected chi connectivity index (χ1v) is 7.65. The fraction of sp³-hybridized carbons (Fsp3) is 0.933. The molecule has 4 heteroatoms. The molecule has 0 aromatic heterocycles. The Morgan fingerprint density at radius 3 is 2.53 bits per heavy atom. The molecule has 19 heavy (non-hydrogen) atoms. The zero-order chi connectivity index (χ0) is 13.9. The number of carbonyl (C=O) groups is 1. The fourth-order valence-corrected chi connectivity index (χ4v) is 3.73. The van der Waals surface area contributed by atoms with Crippen LogP contribution in [-0.4, -0.2) is 49.7 Å². The number of methoxy groups -OCH3 is 1. The molecule has 0 bridgehead atoms. The lowest BCUT2D eigenvalue weighted by Crippen LogP contribution is -2.57. The van der Waals surface area contributed by atoms with Gasteiger partial charge in [0, 0.05) is 19.6 Å². The van der Waals surface area contributed by atoms with E-state index in [2.05, 4.69) is 17.1 Å². The smallest absolute Gasteiger partial charge is 0.327 e. The van der Waals surface area contributed by atoms with Crippen LogP contribution in [0.3, 0.4) is 0 Å². The molecular weight excluding hydrogens is 240 g/mol. The summed E-state index contributed by atoms with van der Waals surface area (Å²) in [6, 6.07) is 0. The number of hydrogen-bond donors (Lipinski definition) is 1. The first-order valence-electron chi connectivity index (χ1n) is 7.65. The molecule has 2 aliphatic rings. The van der Waals surface area contributed by atoms with E-state index in [0.29, 0.717) is 0 Å². The second kappa shape index (κ2) is 6.23. The van der Waals surface area contributed by atoms with Crippen LogP contribution in [0.25, 0.3) is 0 Å². The normalized spacial score (nSPS) is 30.1. The summed E-state index contributed by atoms with van der Waals surface area (Å²) in [5.74, 6) is 1.60. The van der Waals surface area contributed by atoms with Gasteiger partial charge in [0.2, 0.25) is 0 Å². The Kier molecular flexibility index (Phi) is 4.85. The van der Waals surface area contributed by atoms with Gasteiger partial charge in [0.25, 0.3) is 0 Å². The van der Waals surface area contributed by atoms with E-state index in [0.717, 1.165) is 44.4 Å². The molecule has 0 spiro atoms. The van der Waals surface area contributed by atoms with E-state index >= 15 is 0 Å². The second-order valence-electron chi connectivity index (χ2n) is 6.40. The number of likely N-dealkylation sites (tertiary alicyclic amines) is 1. The molecule has 3 atom stereocenters. The Morgan fingerprint density at radius 1 is 1.37 bits per heavy atom. The van der Waals surface area contributed by atoms with Gasteiger partial charge in [-0.15, -0.1) is 0 Å². The SMILES string of the molecule is CCCNC(C)(CN1CC2CCCC2C1)C(=O)OC. The summed E-state index contributed by atoms with van der Waals surface area (Å²) in [5, 5.41) is 3.37. The summed E-state index contributed by atoms with van der Waals surface area (Å²) in [6.45, 7) is 8.03. The molecule has 4 nitrogen and oxygen atoms in total. The van der Waals surface area contributed by atoms with Gasteiger partial charge in [0.1, 0.15) is 5.54 Å². The van der Waals surface area contributed by atoms with Crippen LogP contribution in [0.2, 0.25) is 0 Å². The zero-order valence-corrected chi connectivity index (χ0v) is 12.6. The lowest BCUT2D eigenvalue weighted by atomic mass is 10.0. The Labute approximate surface area is 116 Å². The van der Waals surface area contributed by atoms with Crippen LogP contribution in [0.4, 0.5) is 0 Å². The average Bonchev–Trinajstić information content (AvgIpc) is 2.96. The third-order valence-corrected chi connectivity index (χ3v) is 4.74. The second-order valence-corrected chi connectivity index (χ2v) is 6.40. The number of ether oxygens (including phenoxy) is 1. The van der Waals surface area contributed by atoms with Gasteiger partial charge in [-0.25, -0.2) is 0 Å². The van der Waals surface area contributed by atoms with E-state index in [9.17, 15) is 4.79 Å². The molecule has 0 aromatic carbocycles. The van der Waals surface area contributed by atoms with Gasteiger partial charge >= 0.3 is 5.97 Å². The molecule has 1 saturated carbocycles. The molecule has 1 N–H and O–H groups in total. The first kappa shape index (κ1) is 14.8. The van der Waals surface area contributed by atoms with E-state index in [1.807, 2.05) is 6.92 Å². The molecule has 3 unspecified atom stereocenters. The predicted molar refractivity (Wildman–Crippen MR) is 76.0 cm³/mol. The molecule has 1 aliphatic heterocycles. The highest BCUT2D eigenvalue weighted by atomic mass is 16.5.